The highest BCUT2D eigenvalue weighted by atomic mass is 31.2. The molecule has 1 N–H and O–H groups in total. The highest BCUT2D eigenvalue weighted by Crippen LogP contribution is 2.45. The first-order valence-electron chi connectivity index (χ1n) is 4.72. The number of benzene rings is 1. The number of hydrogen-bond acceptors (Lipinski definition) is 2. The summed E-state index contributed by atoms with van der Waals surface area (Å²) in [6, 6.07) is 9.62. The monoisotopic (exact) mass is 232 g/mol. The van der Waals surface area contributed by atoms with Gasteiger partial charge in [0.05, 0.1) is 6.10 Å². The van der Waals surface area contributed by atoms with E-state index in [1.54, 1.807) is 6.92 Å². The van der Waals surface area contributed by atoms with Crippen molar-refractivity contribution in [1.82, 2.24) is 0 Å². The van der Waals surface area contributed by atoms with Crippen LogP contribution in [0.25, 0.3) is 0 Å². The summed E-state index contributed by atoms with van der Waals surface area (Å²) in [5, 5.41) is 0. The molecule has 0 heterocycles. The summed E-state index contributed by atoms with van der Waals surface area (Å²) < 4.78 is 26.9. The van der Waals surface area contributed by atoms with E-state index in [2.05, 4.69) is 4.52 Å². The lowest BCUT2D eigenvalue weighted by Gasteiger charge is -2.11. The van der Waals surface area contributed by atoms with Crippen LogP contribution in [-0.2, 0) is 15.5 Å². The maximum atomic E-state index is 12.3. The third kappa shape index (κ3) is 5.67. The zero-order valence-electron chi connectivity index (χ0n) is 8.47. The van der Waals surface area contributed by atoms with E-state index in [1.165, 1.54) is 0 Å². The van der Waals surface area contributed by atoms with Gasteiger partial charge in [-0.1, -0.05) is 30.3 Å². The fourth-order valence-corrected chi connectivity index (χ4v) is 1.84. The van der Waals surface area contributed by atoms with Crippen LogP contribution < -0.4 is 0 Å². The second kappa shape index (κ2) is 5.40. The minimum Gasteiger partial charge on any atom is -0.299 e. The summed E-state index contributed by atoms with van der Waals surface area (Å²) >= 11 is 0. The molecular formula is C10H14FO3P. The van der Waals surface area contributed by atoms with Gasteiger partial charge in [0.25, 0.3) is 0 Å². The molecule has 1 aromatic carbocycles. The number of halogens is 1. The Morgan fingerprint density at radius 3 is 2.60 bits per heavy atom. The molecule has 1 aromatic rings. The van der Waals surface area contributed by atoms with Gasteiger partial charge in [0, 0.05) is 0 Å². The SMILES string of the molecule is CC(CCc1ccccc1)OP(=O)(O)F. The molecule has 2 unspecified atom stereocenters. The van der Waals surface area contributed by atoms with Crippen molar-refractivity contribution in [3.63, 3.8) is 0 Å². The molecule has 0 bridgehead atoms. The maximum absolute atomic E-state index is 12.3. The molecule has 84 valence electrons. The van der Waals surface area contributed by atoms with E-state index in [9.17, 15) is 8.76 Å². The van der Waals surface area contributed by atoms with Crippen molar-refractivity contribution < 1.29 is 18.2 Å². The molecule has 15 heavy (non-hydrogen) atoms. The van der Waals surface area contributed by atoms with Crippen molar-refractivity contribution >= 4 is 7.91 Å². The normalized spacial score (nSPS) is 17.0. The summed E-state index contributed by atoms with van der Waals surface area (Å²) in [4.78, 5) is 8.35. The van der Waals surface area contributed by atoms with Crippen LogP contribution in [0.1, 0.15) is 18.9 Å². The molecule has 0 amide bonds. The maximum Gasteiger partial charge on any atom is 0.510 e. The van der Waals surface area contributed by atoms with Crippen molar-refractivity contribution in [3.05, 3.63) is 35.9 Å². The Morgan fingerprint density at radius 2 is 2.07 bits per heavy atom. The Kier molecular flexibility index (Phi) is 4.45. The van der Waals surface area contributed by atoms with Crippen molar-refractivity contribution in [2.24, 2.45) is 0 Å². The van der Waals surface area contributed by atoms with Crippen molar-refractivity contribution in [2.45, 2.75) is 25.9 Å². The van der Waals surface area contributed by atoms with Crippen molar-refractivity contribution in [1.29, 1.82) is 0 Å². The van der Waals surface area contributed by atoms with E-state index in [0.717, 1.165) is 5.56 Å². The van der Waals surface area contributed by atoms with E-state index in [0.29, 0.717) is 12.8 Å². The molecule has 1 rings (SSSR count). The first-order valence-corrected chi connectivity index (χ1v) is 6.19. The highest BCUT2D eigenvalue weighted by molar-refractivity contribution is 7.46. The lowest BCUT2D eigenvalue weighted by Crippen LogP contribution is -2.06. The zero-order chi connectivity index (χ0) is 11.3. The molecule has 0 aliphatic heterocycles. The average Bonchev–Trinajstić information content (AvgIpc) is 2.14. The summed E-state index contributed by atoms with van der Waals surface area (Å²) in [5.74, 6) is 0. The standard InChI is InChI=1S/C10H14FO3P/c1-9(14-15(11,12)13)7-8-10-5-3-2-4-6-10/h2-6,9H,7-8H2,1H3,(H,12,13). The molecule has 0 spiro atoms. The molecule has 0 saturated carbocycles. The van der Waals surface area contributed by atoms with Gasteiger partial charge in [0.1, 0.15) is 0 Å². The minimum atomic E-state index is -4.84. The molecule has 0 radical (unpaired) electrons. The van der Waals surface area contributed by atoms with Gasteiger partial charge in [-0.05, 0) is 25.3 Å². The number of hydrogen-bond donors (Lipinski definition) is 1. The summed E-state index contributed by atoms with van der Waals surface area (Å²) in [5.41, 5.74) is 1.10. The first-order chi connectivity index (χ1) is 6.97. The smallest absolute Gasteiger partial charge is 0.299 e. The Balaban J connectivity index is 2.35. The van der Waals surface area contributed by atoms with Gasteiger partial charge in [-0.25, -0.2) is 4.57 Å². The van der Waals surface area contributed by atoms with Gasteiger partial charge in [-0.15, -0.1) is 4.20 Å². The van der Waals surface area contributed by atoms with E-state index < -0.39 is 14.0 Å². The molecule has 0 aliphatic rings. The average molecular weight is 232 g/mol. The summed E-state index contributed by atoms with van der Waals surface area (Å²) in [6.45, 7) is 1.57. The van der Waals surface area contributed by atoms with Crippen LogP contribution in [-0.4, -0.2) is 11.0 Å². The van der Waals surface area contributed by atoms with Crippen LogP contribution in [0.5, 0.6) is 0 Å². The second-order valence-electron chi connectivity index (χ2n) is 3.39. The van der Waals surface area contributed by atoms with Gasteiger partial charge in [-0.3, -0.25) is 9.42 Å². The Labute approximate surface area is 88.5 Å². The third-order valence-corrected chi connectivity index (χ3v) is 2.61. The fraction of sp³-hybridized carbons (Fsp3) is 0.400. The van der Waals surface area contributed by atoms with Crippen LogP contribution in [0, 0.1) is 0 Å². The molecular weight excluding hydrogens is 218 g/mol. The largest absolute Gasteiger partial charge is 0.510 e. The Hall–Kier alpha value is -0.700. The lowest BCUT2D eigenvalue weighted by molar-refractivity contribution is 0.158. The van der Waals surface area contributed by atoms with E-state index in [-0.39, 0.29) is 0 Å². The van der Waals surface area contributed by atoms with Crippen molar-refractivity contribution in [2.75, 3.05) is 0 Å². The third-order valence-electron chi connectivity index (χ3n) is 1.99. The number of aryl methyl sites for hydroxylation is 1. The molecule has 3 nitrogen and oxygen atoms in total. The minimum absolute atomic E-state index is 0.512. The highest BCUT2D eigenvalue weighted by Gasteiger charge is 2.20. The predicted molar refractivity (Wildman–Crippen MR) is 56.2 cm³/mol. The van der Waals surface area contributed by atoms with Crippen LogP contribution >= 0.6 is 7.91 Å². The van der Waals surface area contributed by atoms with Gasteiger partial charge >= 0.3 is 7.91 Å². The van der Waals surface area contributed by atoms with Crippen LogP contribution in [0.3, 0.4) is 0 Å². The van der Waals surface area contributed by atoms with E-state index in [4.69, 9.17) is 4.89 Å². The molecule has 0 aromatic heterocycles. The lowest BCUT2D eigenvalue weighted by atomic mass is 10.1. The summed E-state index contributed by atoms with van der Waals surface area (Å²) in [7, 11) is -4.84. The topological polar surface area (TPSA) is 46.5 Å². The Morgan fingerprint density at radius 1 is 1.47 bits per heavy atom. The van der Waals surface area contributed by atoms with Gasteiger partial charge in [0.15, 0.2) is 0 Å². The zero-order valence-corrected chi connectivity index (χ0v) is 9.36. The molecule has 5 heteroatoms. The van der Waals surface area contributed by atoms with Crippen LogP contribution in [0.4, 0.5) is 4.20 Å². The van der Waals surface area contributed by atoms with Gasteiger partial charge in [-0.2, -0.15) is 0 Å². The fourth-order valence-electron chi connectivity index (χ4n) is 1.29. The van der Waals surface area contributed by atoms with Crippen LogP contribution in [0.2, 0.25) is 0 Å². The number of rotatable bonds is 5. The van der Waals surface area contributed by atoms with Crippen molar-refractivity contribution in [3.8, 4) is 0 Å². The Bertz CT molecular complexity index is 336. The molecule has 0 fully saturated rings. The summed E-state index contributed by atoms with van der Waals surface area (Å²) in [6.07, 6.45) is 0.645. The molecule has 0 aliphatic carbocycles. The second-order valence-corrected chi connectivity index (χ2v) is 4.51. The predicted octanol–water partition coefficient (Wildman–Crippen LogP) is 3.09. The van der Waals surface area contributed by atoms with E-state index >= 15 is 0 Å². The van der Waals surface area contributed by atoms with E-state index in [1.807, 2.05) is 30.3 Å². The van der Waals surface area contributed by atoms with Gasteiger partial charge < -0.3 is 0 Å². The first kappa shape index (κ1) is 12.4. The molecule has 2 atom stereocenters. The van der Waals surface area contributed by atoms with Crippen LogP contribution in [0.15, 0.2) is 30.3 Å². The van der Waals surface area contributed by atoms with Gasteiger partial charge in [0.2, 0.25) is 0 Å². The quantitative estimate of drug-likeness (QED) is 0.793. The molecule has 0 saturated heterocycles.